The SMILES string of the molecule is O=C(O)COc1cccc(CN(Cc2ccc(-c3cccnc3)cc2)S(=O)(=O)c2ccccc2)c1.[Na]. The molecule has 0 saturated heterocycles. The Morgan fingerprint density at radius 2 is 1.56 bits per heavy atom. The van der Waals surface area contributed by atoms with Gasteiger partial charge in [-0.2, -0.15) is 4.31 Å². The maximum absolute atomic E-state index is 13.5. The van der Waals surface area contributed by atoms with Crippen molar-refractivity contribution in [2.24, 2.45) is 0 Å². The van der Waals surface area contributed by atoms with Gasteiger partial charge in [0.15, 0.2) is 6.61 Å². The minimum atomic E-state index is -3.81. The second-order valence-corrected chi connectivity index (χ2v) is 9.79. The number of carboxylic acids is 1. The van der Waals surface area contributed by atoms with Crippen molar-refractivity contribution in [1.82, 2.24) is 9.29 Å². The molecule has 4 aromatic rings. The van der Waals surface area contributed by atoms with E-state index in [-0.39, 0.29) is 47.5 Å². The Bertz CT molecular complexity index is 1380. The normalized spacial score (nSPS) is 11.0. The van der Waals surface area contributed by atoms with Gasteiger partial charge in [0.05, 0.1) is 4.90 Å². The van der Waals surface area contributed by atoms with Crippen LogP contribution in [0.2, 0.25) is 0 Å². The summed E-state index contributed by atoms with van der Waals surface area (Å²) in [7, 11) is -3.81. The summed E-state index contributed by atoms with van der Waals surface area (Å²) in [6.45, 7) is -0.227. The van der Waals surface area contributed by atoms with Crippen LogP contribution >= 0.6 is 0 Å². The first-order valence-corrected chi connectivity index (χ1v) is 12.3. The number of aromatic nitrogens is 1. The first-order valence-electron chi connectivity index (χ1n) is 10.9. The Kier molecular flexibility index (Phi) is 9.81. The van der Waals surface area contributed by atoms with Gasteiger partial charge in [0.2, 0.25) is 10.0 Å². The van der Waals surface area contributed by atoms with Crippen LogP contribution in [-0.4, -0.2) is 64.9 Å². The monoisotopic (exact) mass is 511 g/mol. The van der Waals surface area contributed by atoms with Crippen molar-refractivity contribution in [3.8, 4) is 16.9 Å². The van der Waals surface area contributed by atoms with Gasteiger partial charge in [-0.25, -0.2) is 13.2 Å². The molecule has 179 valence electrons. The molecular formula is C27H24N2NaO5S. The summed E-state index contributed by atoms with van der Waals surface area (Å²) in [6.07, 6.45) is 3.49. The van der Waals surface area contributed by atoms with Gasteiger partial charge in [-0.15, -0.1) is 0 Å². The zero-order valence-corrected chi connectivity index (χ0v) is 22.6. The van der Waals surface area contributed by atoms with E-state index in [1.165, 1.54) is 4.31 Å². The third-order valence-corrected chi connectivity index (χ3v) is 7.11. The maximum Gasteiger partial charge on any atom is 0.341 e. The van der Waals surface area contributed by atoms with Crippen molar-refractivity contribution in [1.29, 1.82) is 0 Å². The van der Waals surface area contributed by atoms with Crippen LogP contribution in [0, 0.1) is 0 Å². The number of aliphatic carboxylic acids is 1. The number of hydrogen-bond donors (Lipinski definition) is 1. The molecule has 0 amide bonds. The van der Waals surface area contributed by atoms with Crippen molar-refractivity contribution in [3.63, 3.8) is 0 Å². The van der Waals surface area contributed by atoms with E-state index < -0.39 is 22.6 Å². The molecule has 1 heterocycles. The average molecular weight is 512 g/mol. The van der Waals surface area contributed by atoms with E-state index >= 15 is 0 Å². The van der Waals surface area contributed by atoms with E-state index in [1.807, 2.05) is 36.4 Å². The van der Waals surface area contributed by atoms with Gasteiger partial charge < -0.3 is 9.84 Å². The molecule has 0 spiro atoms. The Morgan fingerprint density at radius 1 is 0.833 bits per heavy atom. The molecule has 0 aliphatic heterocycles. The van der Waals surface area contributed by atoms with Gasteiger partial charge in [0, 0.05) is 55.0 Å². The molecule has 0 aliphatic carbocycles. The zero-order chi connectivity index (χ0) is 24.7. The summed E-state index contributed by atoms with van der Waals surface area (Å²) in [6, 6.07) is 26.6. The number of carbonyl (C=O) groups is 1. The first-order chi connectivity index (χ1) is 16.9. The Morgan fingerprint density at radius 3 is 2.22 bits per heavy atom. The van der Waals surface area contributed by atoms with Gasteiger partial charge in [-0.05, 0) is 52.6 Å². The quantitative estimate of drug-likeness (QED) is 0.320. The molecule has 36 heavy (non-hydrogen) atoms. The fourth-order valence-corrected chi connectivity index (χ4v) is 5.03. The van der Waals surface area contributed by atoms with E-state index in [0.29, 0.717) is 11.3 Å². The van der Waals surface area contributed by atoms with Crippen LogP contribution in [0.25, 0.3) is 11.1 Å². The van der Waals surface area contributed by atoms with Gasteiger partial charge in [-0.3, -0.25) is 4.98 Å². The molecule has 1 aromatic heterocycles. The van der Waals surface area contributed by atoms with Crippen LogP contribution in [0.15, 0.2) is 108 Å². The largest absolute Gasteiger partial charge is 0.482 e. The second kappa shape index (κ2) is 12.8. The van der Waals surface area contributed by atoms with Gasteiger partial charge in [-0.1, -0.05) is 60.7 Å². The molecule has 1 radical (unpaired) electrons. The number of ether oxygens (including phenoxy) is 1. The third-order valence-electron chi connectivity index (χ3n) is 5.31. The number of nitrogens with zero attached hydrogens (tertiary/aromatic N) is 2. The summed E-state index contributed by atoms with van der Waals surface area (Å²) in [4.78, 5) is 15.2. The van der Waals surface area contributed by atoms with Crippen LogP contribution in [0.4, 0.5) is 0 Å². The Labute approximate surface area is 232 Å². The maximum atomic E-state index is 13.5. The van der Waals surface area contributed by atoms with Crippen LogP contribution in [-0.2, 0) is 27.9 Å². The fraction of sp³-hybridized carbons (Fsp3) is 0.111. The molecule has 9 heteroatoms. The Hall–Kier alpha value is -3.01. The van der Waals surface area contributed by atoms with Gasteiger partial charge >= 0.3 is 5.97 Å². The number of pyridine rings is 1. The topological polar surface area (TPSA) is 96.8 Å². The number of rotatable bonds is 10. The molecule has 4 rings (SSSR count). The average Bonchev–Trinajstić information content (AvgIpc) is 2.89. The molecule has 0 atom stereocenters. The van der Waals surface area contributed by atoms with E-state index in [2.05, 4.69) is 4.98 Å². The first kappa shape index (κ1) is 27.6. The number of sulfonamides is 1. The number of hydrogen-bond acceptors (Lipinski definition) is 5. The fourth-order valence-electron chi connectivity index (χ4n) is 3.59. The van der Waals surface area contributed by atoms with E-state index in [1.54, 1.807) is 67.0 Å². The predicted molar refractivity (Wildman–Crippen MR) is 138 cm³/mol. The molecular weight excluding hydrogens is 487 g/mol. The van der Waals surface area contributed by atoms with Gasteiger partial charge in [0.1, 0.15) is 5.75 Å². The molecule has 0 aliphatic rings. The summed E-state index contributed by atoms with van der Waals surface area (Å²) in [5.41, 5.74) is 3.48. The van der Waals surface area contributed by atoms with Crippen LogP contribution in [0.3, 0.4) is 0 Å². The summed E-state index contributed by atoms with van der Waals surface area (Å²) >= 11 is 0. The molecule has 3 aromatic carbocycles. The van der Waals surface area contributed by atoms with Crippen molar-refractivity contribution in [2.75, 3.05) is 6.61 Å². The third kappa shape index (κ3) is 7.25. The molecule has 1 N–H and O–H groups in total. The van der Waals surface area contributed by atoms with Crippen LogP contribution in [0.1, 0.15) is 11.1 Å². The van der Waals surface area contributed by atoms with Crippen molar-refractivity contribution < 1.29 is 23.1 Å². The summed E-state index contributed by atoms with van der Waals surface area (Å²) < 4.78 is 33.7. The van der Waals surface area contributed by atoms with E-state index in [4.69, 9.17) is 9.84 Å². The van der Waals surface area contributed by atoms with Crippen molar-refractivity contribution >= 4 is 45.5 Å². The second-order valence-electron chi connectivity index (χ2n) is 7.85. The van der Waals surface area contributed by atoms with Crippen molar-refractivity contribution in [3.05, 3.63) is 115 Å². The molecule has 0 unspecified atom stereocenters. The number of benzene rings is 3. The Balaban J connectivity index is 0.00000361. The molecule has 7 nitrogen and oxygen atoms in total. The predicted octanol–water partition coefficient (Wildman–Crippen LogP) is 4.22. The van der Waals surface area contributed by atoms with Gasteiger partial charge in [0.25, 0.3) is 0 Å². The zero-order valence-electron chi connectivity index (χ0n) is 19.8. The molecule has 0 fully saturated rings. The molecule has 0 saturated carbocycles. The summed E-state index contributed by atoms with van der Waals surface area (Å²) in [5, 5.41) is 8.86. The standard InChI is InChI=1S/C27H24N2O5S.Na/c30-27(31)20-34-25-8-4-6-22(16-25)19-29(35(32,33)26-9-2-1-3-10-26)18-21-11-13-23(14-12-21)24-7-5-15-28-17-24;/h1-17H,18-20H2,(H,30,31);. The van der Waals surface area contributed by atoms with E-state index in [9.17, 15) is 13.2 Å². The van der Waals surface area contributed by atoms with E-state index in [0.717, 1.165) is 16.7 Å². The van der Waals surface area contributed by atoms with Crippen LogP contribution in [0.5, 0.6) is 5.75 Å². The summed E-state index contributed by atoms with van der Waals surface area (Å²) in [5.74, 6) is -0.721. The number of carboxylic acid groups (broad SMARTS) is 1. The minimum absolute atomic E-state index is 0. The molecule has 0 bridgehead atoms. The minimum Gasteiger partial charge on any atom is -0.482 e. The van der Waals surface area contributed by atoms with Crippen LogP contribution < -0.4 is 4.74 Å². The smallest absolute Gasteiger partial charge is 0.341 e. The van der Waals surface area contributed by atoms with Crippen molar-refractivity contribution in [2.45, 2.75) is 18.0 Å².